The van der Waals surface area contributed by atoms with Crippen molar-refractivity contribution >= 4 is 23.2 Å². The van der Waals surface area contributed by atoms with E-state index in [4.69, 9.17) is 4.74 Å². The summed E-state index contributed by atoms with van der Waals surface area (Å²) in [5.74, 6) is -0.163. The zero-order chi connectivity index (χ0) is 18.0. The van der Waals surface area contributed by atoms with E-state index in [1.807, 2.05) is 6.92 Å². The van der Waals surface area contributed by atoms with Crippen LogP contribution in [-0.4, -0.2) is 18.9 Å². The number of amides is 1. The highest BCUT2D eigenvalue weighted by molar-refractivity contribution is 6.35. The van der Waals surface area contributed by atoms with Crippen LogP contribution >= 0.6 is 0 Å². The van der Waals surface area contributed by atoms with Gasteiger partial charge < -0.3 is 14.8 Å². The fraction of sp³-hybridized carbons (Fsp3) is 0.167. The van der Waals surface area contributed by atoms with Gasteiger partial charge in [-0.05, 0) is 31.2 Å². The first-order chi connectivity index (χ1) is 11.9. The van der Waals surface area contributed by atoms with Crippen molar-refractivity contribution in [3.05, 3.63) is 53.6 Å². The topological polar surface area (TPSA) is 47.6 Å². The molecular formula is C18H14F3NO3. The summed E-state index contributed by atoms with van der Waals surface area (Å²) in [6.45, 7) is 2.33. The van der Waals surface area contributed by atoms with Crippen LogP contribution < -0.4 is 14.8 Å². The van der Waals surface area contributed by atoms with Gasteiger partial charge in [0.15, 0.2) is 0 Å². The quantitative estimate of drug-likeness (QED) is 0.828. The first-order valence-electron chi connectivity index (χ1n) is 7.52. The Balaban J connectivity index is 2.00. The van der Waals surface area contributed by atoms with Crippen LogP contribution in [0.25, 0.3) is 11.6 Å². The van der Waals surface area contributed by atoms with Gasteiger partial charge in [0.1, 0.15) is 11.5 Å². The Labute approximate surface area is 141 Å². The minimum absolute atomic E-state index is 0.159. The number of alkyl halides is 3. The van der Waals surface area contributed by atoms with Crippen molar-refractivity contribution in [2.75, 3.05) is 11.9 Å². The Morgan fingerprint density at radius 3 is 2.64 bits per heavy atom. The van der Waals surface area contributed by atoms with Crippen LogP contribution in [0.5, 0.6) is 11.5 Å². The molecule has 25 heavy (non-hydrogen) atoms. The molecule has 0 atom stereocenters. The fourth-order valence-electron chi connectivity index (χ4n) is 2.55. The Hall–Kier alpha value is -2.96. The first kappa shape index (κ1) is 16.9. The molecule has 7 heteroatoms. The van der Waals surface area contributed by atoms with E-state index in [-0.39, 0.29) is 16.9 Å². The minimum Gasteiger partial charge on any atom is -0.494 e. The van der Waals surface area contributed by atoms with Gasteiger partial charge in [0, 0.05) is 22.8 Å². The van der Waals surface area contributed by atoms with Crippen molar-refractivity contribution in [3.63, 3.8) is 0 Å². The summed E-state index contributed by atoms with van der Waals surface area (Å²) in [6.07, 6.45) is -3.43. The lowest BCUT2D eigenvalue weighted by Crippen LogP contribution is -2.17. The molecule has 0 unspecified atom stereocenters. The van der Waals surface area contributed by atoms with Crippen LogP contribution in [0.3, 0.4) is 0 Å². The second-order valence-electron chi connectivity index (χ2n) is 5.24. The molecule has 0 radical (unpaired) electrons. The molecule has 0 fully saturated rings. The normalized spacial score (nSPS) is 15.0. The van der Waals surface area contributed by atoms with Crippen molar-refractivity contribution in [2.45, 2.75) is 13.3 Å². The number of ether oxygens (including phenoxy) is 2. The average Bonchev–Trinajstić information content (AvgIpc) is 2.83. The molecule has 4 nitrogen and oxygen atoms in total. The van der Waals surface area contributed by atoms with Crippen molar-refractivity contribution < 1.29 is 27.4 Å². The van der Waals surface area contributed by atoms with Gasteiger partial charge in [-0.2, -0.15) is 0 Å². The Morgan fingerprint density at radius 1 is 1.16 bits per heavy atom. The van der Waals surface area contributed by atoms with Gasteiger partial charge in [0.05, 0.1) is 12.3 Å². The van der Waals surface area contributed by atoms with Gasteiger partial charge in [-0.3, -0.25) is 4.79 Å². The molecule has 1 aliphatic rings. The second kappa shape index (κ2) is 6.51. The predicted octanol–water partition coefficient (Wildman–Crippen LogP) is 4.48. The molecule has 1 N–H and O–H groups in total. The van der Waals surface area contributed by atoms with Crippen LogP contribution in [0, 0.1) is 0 Å². The average molecular weight is 349 g/mol. The number of carbonyl (C=O) groups excluding carboxylic acids is 1. The van der Waals surface area contributed by atoms with E-state index in [0.717, 1.165) is 0 Å². The molecule has 0 aromatic heterocycles. The summed E-state index contributed by atoms with van der Waals surface area (Å²) in [4.78, 5) is 12.2. The summed E-state index contributed by atoms with van der Waals surface area (Å²) in [5.41, 5.74) is 1.56. The van der Waals surface area contributed by atoms with E-state index in [2.05, 4.69) is 10.1 Å². The minimum atomic E-state index is -4.81. The number of hydrogen-bond donors (Lipinski definition) is 1. The molecule has 0 saturated carbocycles. The fourth-order valence-corrected chi connectivity index (χ4v) is 2.55. The molecule has 2 aromatic carbocycles. The predicted molar refractivity (Wildman–Crippen MR) is 87.2 cm³/mol. The van der Waals surface area contributed by atoms with Crippen LogP contribution in [0.1, 0.15) is 18.1 Å². The third-order valence-corrected chi connectivity index (χ3v) is 3.53. The number of carbonyl (C=O) groups is 1. The number of para-hydroxylation sites is 1. The van der Waals surface area contributed by atoms with Gasteiger partial charge in [-0.25, -0.2) is 0 Å². The Morgan fingerprint density at radius 2 is 1.92 bits per heavy atom. The van der Waals surface area contributed by atoms with Gasteiger partial charge in [0.2, 0.25) is 0 Å². The van der Waals surface area contributed by atoms with Crippen LogP contribution in [0.4, 0.5) is 18.9 Å². The lowest BCUT2D eigenvalue weighted by Gasteiger charge is -2.11. The number of anilines is 1. The van der Waals surface area contributed by atoms with E-state index in [9.17, 15) is 18.0 Å². The van der Waals surface area contributed by atoms with Crippen LogP contribution in [-0.2, 0) is 4.79 Å². The molecular weight excluding hydrogens is 335 g/mol. The highest BCUT2D eigenvalue weighted by atomic mass is 19.4. The third-order valence-electron chi connectivity index (χ3n) is 3.53. The number of halogens is 3. The molecule has 0 aliphatic carbocycles. The van der Waals surface area contributed by atoms with Gasteiger partial charge in [0.25, 0.3) is 5.91 Å². The van der Waals surface area contributed by atoms with E-state index < -0.39 is 12.3 Å². The number of benzene rings is 2. The molecule has 0 bridgehead atoms. The van der Waals surface area contributed by atoms with Gasteiger partial charge >= 0.3 is 6.36 Å². The summed E-state index contributed by atoms with van der Waals surface area (Å²) >= 11 is 0. The Bertz CT molecular complexity index is 844. The second-order valence-corrected chi connectivity index (χ2v) is 5.24. The Kier molecular flexibility index (Phi) is 4.39. The molecule has 0 spiro atoms. The van der Waals surface area contributed by atoms with E-state index in [1.54, 1.807) is 24.3 Å². The first-order valence-corrected chi connectivity index (χ1v) is 7.52. The largest absolute Gasteiger partial charge is 0.573 e. The smallest absolute Gasteiger partial charge is 0.494 e. The molecule has 1 amide bonds. The maximum Gasteiger partial charge on any atom is 0.573 e. The maximum atomic E-state index is 12.5. The summed E-state index contributed by atoms with van der Waals surface area (Å²) < 4.78 is 47.0. The van der Waals surface area contributed by atoms with E-state index in [0.29, 0.717) is 23.6 Å². The van der Waals surface area contributed by atoms with Crippen molar-refractivity contribution in [3.8, 4) is 11.5 Å². The molecule has 3 rings (SSSR count). The van der Waals surface area contributed by atoms with Gasteiger partial charge in [-0.15, -0.1) is 13.2 Å². The standard InChI is InChI=1S/C18H14F3NO3/c1-2-24-12-7-8-13-14(17(23)22-15(13)10-12)9-11-5-3-4-6-16(11)25-18(19,20)21/h3-10H,2H2,1H3,(H,22,23)/b14-9+. The van der Waals surface area contributed by atoms with E-state index in [1.165, 1.54) is 24.3 Å². The zero-order valence-electron chi connectivity index (χ0n) is 13.2. The maximum absolute atomic E-state index is 12.5. The number of rotatable bonds is 4. The monoisotopic (exact) mass is 349 g/mol. The van der Waals surface area contributed by atoms with Crippen molar-refractivity contribution in [1.82, 2.24) is 0 Å². The molecule has 1 aliphatic heterocycles. The van der Waals surface area contributed by atoms with Crippen molar-refractivity contribution in [1.29, 1.82) is 0 Å². The molecule has 130 valence electrons. The lowest BCUT2D eigenvalue weighted by molar-refractivity contribution is -0.274. The van der Waals surface area contributed by atoms with Crippen LogP contribution in [0.15, 0.2) is 42.5 Å². The summed E-state index contributed by atoms with van der Waals surface area (Å²) in [5, 5.41) is 2.68. The number of nitrogens with one attached hydrogen (secondary N) is 1. The summed E-state index contributed by atoms with van der Waals surface area (Å²) in [6, 6.07) is 10.7. The third kappa shape index (κ3) is 3.76. The highest BCUT2D eigenvalue weighted by Gasteiger charge is 2.32. The molecule has 0 saturated heterocycles. The number of fused-ring (bicyclic) bond motifs is 1. The molecule has 2 aromatic rings. The number of hydrogen-bond acceptors (Lipinski definition) is 3. The zero-order valence-corrected chi connectivity index (χ0v) is 13.2. The van der Waals surface area contributed by atoms with E-state index >= 15 is 0 Å². The lowest BCUT2D eigenvalue weighted by atomic mass is 10.0. The SMILES string of the molecule is CCOc1ccc2c(c1)NC(=O)/C2=C/c1ccccc1OC(F)(F)F. The van der Waals surface area contributed by atoms with Crippen LogP contribution in [0.2, 0.25) is 0 Å². The van der Waals surface area contributed by atoms with Crippen molar-refractivity contribution in [2.24, 2.45) is 0 Å². The summed E-state index contributed by atoms with van der Waals surface area (Å²) in [7, 11) is 0. The highest BCUT2D eigenvalue weighted by Crippen LogP contribution is 2.37. The van der Waals surface area contributed by atoms with Gasteiger partial charge in [-0.1, -0.05) is 18.2 Å². The molecule has 1 heterocycles.